The second-order valence-electron chi connectivity index (χ2n) is 4.11. The lowest BCUT2D eigenvalue weighted by molar-refractivity contribution is -0.122. The van der Waals surface area contributed by atoms with Crippen molar-refractivity contribution in [3.8, 4) is 0 Å². The lowest BCUT2D eigenvalue weighted by Gasteiger charge is -2.28. The van der Waals surface area contributed by atoms with Gasteiger partial charge in [-0.05, 0) is 36.1 Å². The molecule has 1 aromatic carbocycles. The monoisotopic (exact) mass is 258 g/mol. The zero-order chi connectivity index (χ0) is 11.9. The van der Waals surface area contributed by atoms with Crippen molar-refractivity contribution in [2.24, 2.45) is 17.4 Å². The first-order chi connectivity index (χ1) is 7.49. The van der Waals surface area contributed by atoms with Crippen molar-refractivity contribution >= 4 is 29.1 Å². The van der Waals surface area contributed by atoms with E-state index in [0.29, 0.717) is 22.9 Å². The Morgan fingerprint density at radius 3 is 2.56 bits per heavy atom. The Labute approximate surface area is 104 Å². The van der Waals surface area contributed by atoms with Crippen molar-refractivity contribution < 1.29 is 4.79 Å². The van der Waals surface area contributed by atoms with E-state index >= 15 is 0 Å². The lowest BCUT2D eigenvalue weighted by atomic mass is 9.81. The minimum atomic E-state index is -0.313. The quantitative estimate of drug-likeness (QED) is 0.810. The van der Waals surface area contributed by atoms with Gasteiger partial charge in [0.1, 0.15) is 0 Å². The lowest BCUT2D eigenvalue weighted by Crippen LogP contribution is -2.33. The molecule has 86 valence electrons. The number of fused-ring (bicyclic) bond motifs is 1. The minimum absolute atomic E-state index is 0.198. The zero-order valence-electron chi connectivity index (χ0n) is 8.54. The smallest absolute Gasteiger partial charge is 0.220 e. The van der Waals surface area contributed by atoms with Gasteiger partial charge in [-0.2, -0.15) is 0 Å². The van der Waals surface area contributed by atoms with Crippen LogP contribution in [0.4, 0.5) is 0 Å². The predicted molar refractivity (Wildman–Crippen MR) is 64.4 cm³/mol. The standard InChI is InChI=1S/C11H12Cl2N2O/c12-8-2-5-1-6(11(15)16)3-10(14)7(5)4-9(8)13/h2,4,6,10H,1,3,14H2,(H2,15,16)/t6-,10+/m0/s1. The fourth-order valence-electron chi connectivity index (χ4n) is 2.12. The fraction of sp³-hybridized carbons (Fsp3) is 0.364. The van der Waals surface area contributed by atoms with E-state index in [1.54, 1.807) is 12.1 Å². The number of amides is 1. The Morgan fingerprint density at radius 1 is 1.31 bits per heavy atom. The Bertz CT molecular complexity index is 448. The van der Waals surface area contributed by atoms with Gasteiger partial charge >= 0.3 is 0 Å². The van der Waals surface area contributed by atoms with Crippen molar-refractivity contribution in [3.05, 3.63) is 33.3 Å². The van der Waals surface area contributed by atoms with E-state index in [2.05, 4.69) is 0 Å². The van der Waals surface area contributed by atoms with Crippen LogP contribution in [-0.4, -0.2) is 5.91 Å². The Kier molecular flexibility index (Phi) is 3.10. The van der Waals surface area contributed by atoms with E-state index in [1.165, 1.54) is 0 Å². The topological polar surface area (TPSA) is 69.1 Å². The molecule has 4 N–H and O–H groups in total. The molecule has 0 radical (unpaired) electrons. The SMILES string of the molecule is NC(=O)[C@H]1Cc2cc(Cl)c(Cl)cc2[C@H](N)C1. The van der Waals surface area contributed by atoms with Gasteiger partial charge in [0.2, 0.25) is 5.91 Å². The molecular weight excluding hydrogens is 247 g/mol. The third-order valence-electron chi connectivity index (χ3n) is 2.99. The van der Waals surface area contributed by atoms with Gasteiger partial charge in [-0.3, -0.25) is 4.79 Å². The maximum atomic E-state index is 11.2. The Balaban J connectivity index is 2.42. The van der Waals surface area contributed by atoms with E-state index in [9.17, 15) is 4.79 Å². The molecule has 1 aliphatic carbocycles. The number of rotatable bonds is 1. The third kappa shape index (κ3) is 2.03. The van der Waals surface area contributed by atoms with Crippen LogP contribution >= 0.6 is 23.2 Å². The summed E-state index contributed by atoms with van der Waals surface area (Å²) in [6.07, 6.45) is 1.16. The predicted octanol–water partition coefficient (Wildman–Crippen LogP) is 2.04. The van der Waals surface area contributed by atoms with Crippen LogP contribution in [0.15, 0.2) is 12.1 Å². The van der Waals surface area contributed by atoms with Gasteiger partial charge in [-0.1, -0.05) is 23.2 Å². The average molecular weight is 259 g/mol. The molecule has 0 aromatic heterocycles. The molecule has 1 aliphatic rings. The van der Waals surface area contributed by atoms with Crippen LogP contribution in [0.2, 0.25) is 10.0 Å². The molecule has 0 heterocycles. The van der Waals surface area contributed by atoms with Gasteiger partial charge in [0.15, 0.2) is 0 Å². The number of carbonyl (C=O) groups is 1. The highest BCUT2D eigenvalue weighted by molar-refractivity contribution is 6.42. The first kappa shape index (κ1) is 11.7. The van der Waals surface area contributed by atoms with Crippen LogP contribution in [-0.2, 0) is 11.2 Å². The maximum absolute atomic E-state index is 11.2. The first-order valence-corrected chi connectivity index (χ1v) is 5.77. The van der Waals surface area contributed by atoms with Crippen molar-refractivity contribution in [1.82, 2.24) is 0 Å². The van der Waals surface area contributed by atoms with E-state index in [-0.39, 0.29) is 17.9 Å². The number of nitrogens with two attached hydrogens (primary N) is 2. The molecule has 0 spiro atoms. The molecule has 1 amide bonds. The van der Waals surface area contributed by atoms with Crippen LogP contribution in [0.1, 0.15) is 23.6 Å². The molecule has 0 bridgehead atoms. The summed E-state index contributed by atoms with van der Waals surface area (Å²) in [6.45, 7) is 0. The normalized spacial score (nSPS) is 23.9. The van der Waals surface area contributed by atoms with Crippen LogP contribution in [0.25, 0.3) is 0 Å². The highest BCUT2D eigenvalue weighted by Crippen LogP contribution is 2.36. The van der Waals surface area contributed by atoms with Crippen LogP contribution < -0.4 is 11.5 Å². The second kappa shape index (κ2) is 4.24. The number of halogens is 2. The first-order valence-electron chi connectivity index (χ1n) is 5.01. The van der Waals surface area contributed by atoms with E-state index in [0.717, 1.165) is 11.1 Å². The average Bonchev–Trinajstić information content (AvgIpc) is 2.20. The van der Waals surface area contributed by atoms with Gasteiger partial charge in [0.25, 0.3) is 0 Å². The van der Waals surface area contributed by atoms with Crippen molar-refractivity contribution in [1.29, 1.82) is 0 Å². The van der Waals surface area contributed by atoms with Crippen LogP contribution in [0.3, 0.4) is 0 Å². The van der Waals surface area contributed by atoms with E-state index in [4.69, 9.17) is 34.7 Å². The molecule has 2 atom stereocenters. The molecule has 0 saturated carbocycles. The molecule has 5 heteroatoms. The van der Waals surface area contributed by atoms with Gasteiger partial charge in [-0.15, -0.1) is 0 Å². The summed E-state index contributed by atoms with van der Waals surface area (Å²) in [5, 5.41) is 0.978. The van der Waals surface area contributed by atoms with Gasteiger partial charge < -0.3 is 11.5 Å². The number of carbonyl (C=O) groups excluding carboxylic acids is 1. The fourth-order valence-corrected chi connectivity index (χ4v) is 2.48. The number of hydrogen-bond acceptors (Lipinski definition) is 2. The van der Waals surface area contributed by atoms with Crippen molar-refractivity contribution in [2.45, 2.75) is 18.9 Å². The summed E-state index contributed by atoms with van der Waals surface area (Å²) >= 11 is 11.9. The molecule has 16 heavy (non-hydrogen) atoms. The number of benzene rings is 1. The second-order valence-corrected chi connectivity index (χ2v) is 4.93. The van der Waals surface area contributed by atoms with Gasteiger partial charge in [0.05, 0.1) is 10.0 Å². The molecule has 0 unspecified atom stereocenters. The summed E-state index contributed by atoms with van der Waals surface area (Å²) in [4.78, 5) is 11.2. The molecule has 0 saturated heterocycles. The van der Waals surface area contributed by atoms with Crippen molar-refractivity contribution in [3.63, 3.8) is 0 Å². The summed E-state index contributed by atoms with van der Waals surface area (Å²) in [5.41, 5.74) is 13.2. The maximum Gasteiger partial charge on any atom is 0.220 e. The zero-order valence-corrected chi connectivity index (χ0v) is 10.1. The number of hydrogen-bond donors (Lipinski definition) is 2. The van der Waals surface area contributed by atoms with Crippen molar-refractivity contribution in [2.75, 3.05) is 0 Å². The van der Waals surface area contributed by atoms with E-state index in [1.807, 2.05) is 0 Å². The summed E-state index contributed by atoms with van der Waals surface area (Å²) in [6, 6.07) is 3.35. The van der Waals surface area contributed by atoms with Crippen LogP contribution in [0.5, 0.6) is 0 Å². The highest BCUT2D eigenvalue weighted by Gasteiger charge is 2.28. The van der Waals surface area contributed by atoms with Crippen LogP contribution in [0, 0.1) is 5.92 Å². The molecule has 2 rings (SSSR count). The summed E-state index contributed by atoms with van der Waals surface area (Å²) in [7, 11) is 0. The Morgan fingerprint density at radius 2 is 1.94 bits per heavy atom. The highest BCUT2D eigenvalue weighted by atomic mass is 35.5. The Hall–Kier alpha value is -0.770. The minimum Gasteiger partial charge on any atom is -0.369 e. The third-order valence-corrected chi connectivity index (χ3v) is 3.71. The van der Waals surface area contributed by atoms with E-state index < -0.39 is 0 Å². The molecule has 3 nitrogen and oxygen atoms in total. The summed E-state index contributed by atoms with van der Waals surface area (Å²) in [5.74, 6) is -0.521. The van der Waals surface area contributed by atoms with Gasteiger partial charge in [-0.25, -0.2) is 0 Å². The summed E-state index contributed by atoms with van der Waals surface area (Å²) < 4.78 is 0. The number of primary amides is 1. The molecule has 0 fully saturated rings. The largest absolute Gasteiger partial charge is 0.369 e. The molecular formula is C11H12Cl2N2O. The molecule has 1 aromatic rings. The molecule has 0 aliphatic heterocycles. The van der Waals surface area contributed by atoms with Gasteiger partial charge in [0, 0.05) is 12.0 Å².